The number of aromatic nitrogens is 1. The summed E-state index contributed by atoms with van der Waals surface area (Å²) in [6, 6.07) is 17.3. The Morgan fingerprint density at radius 1 is 0.944 bits per heavy atom. The highest BCUT2D eigenvalue weighted by Crippen LogP contribution is 2.15. The summed E-state index contributed by atoms with van der Waals surface area (Å²) >= 11 is 0. The van der Waals surface area contributed by atoms with E-state index in [1.165, 1.54) is 0 Å². The molecule has 88 valence electrons. The number of nitrogens with zero attached hydrogens (tertiary/aromatic N) is 1. The summed E-state index contributed by atoms with van der Waals surface area (Å²) < 4.78 is 1.95. The maximum absolute atomic E-state index is 12.4. The molecule has 0 aliphatic carbocycles. The minimum absolute atomic E-state index is 0.0567. The molecule has 0 N–H and O–H groups in total. The van der Waals surface area contributed by atoms with Gasteiger partial charge in [-0.3, -0.25) is 4.79 Å². The molecule has 0 spiro atoms. The largest absolute Gasteiger partial charge is 0.313 e. The number of rotatable bonds is 2. The van der Waals surface area contributed by atoms with Crippen LogP contribution in [0.25, 0.3) is 5.52 Å². The Bertz CT molecular complexity index is 710. The Kier molecular flexibility index (Phi) is 2.49. The Balaban J connectivity index is 2.15. The Morgan fingerprint density at radius 3 is 2.44 bits per heavy atom. The second-order valence-corrected chi connectivity index (χ2v) is 4.42. The van der Waals surface area contributed by atoms with Crippen LogP contribution in [0.5, 0.6) is 0 Å². The zero-order valence-electron chi connectivity index (χ0n) is 10.1. The summed E-state index contributed by atoms with van der Waals surface area (Å²) in [5.41, 5.74) is 3.61. The standard InChI is InChI=1S/C16H13NO/c1-12-7-8-14-9-10-15(17(14)11-12)16(18)13-5-3-2-4-6-13/h2-11H,1H3. The van der Waals surface area contributed by atoms with Crippen molar-refractivity contribution in [2.24, 2.45) is 0 Å². The Labute approximate surface area is 105 Å². The van der Waals surface area contributed by atoms with Gasteiger partial charge in [-0.05, 0) is 30.7 Å². The van der Waals surface area contributed by atoms with Gasteiger partial charge in [-0.25, -0.2) is 0 Å². The lowest BCUT2D eigenvalue weighted by atomic mass is 10.1. The molecular formula is C16H13NO. The first-order valence-electron chi connectivity index (χ1n) is 5.93. The smallest absolute Gasteiger partial charge is 0.209 e. The highest BCUT2D eigenvalue weighted by atomic mass is 16.1. The van der Waals surface area contributed by atoms with Crippen molar-refractivity contribution in [3.8, 4) is 0 Å². The highest BCUT2D eigenvalue weighted by Gasteiger charge is 2.12. The van der Waals surface area contributed by atoms with E-state index >= 15 is 0 Å². The molecule has 0 aliphatic heterocycles. The van der Waals surface area contributed by atoms with Crippen LogP contribution in [-0.2, 0) is 0 Å². The third-order valence-electron chi connectivity index (χ3n) is 3.07. The van der Waals surface area contributed by atoms with Gasteiger partial charge in [-0.1, -0.05) is 36.4 Å². The molecule has 18 heavy (non-hydrogen) atoms. The van der Waals surface area contributed by atoms with Crippen LogP contribution in [-0.4, -0.2) is 10.2 Å². The number of benzene rings is 1. The predicted molar refractivity (Wildman–Crippen MR) is 72.0 cm³/mol. The van der Waals surface area contributed by atoms with Crippen molar-refractivity contribution in [3.63, 3.8) is 0 Å². The molecule has 2 heterocycles. The van der Waals surface area contributed by atoms with E-state index < -0.39 is 0 Å². The number of pyridine rings is 1. The maximum Gasteiger partial charge on any atom is 0.209 e. The van der Waals surface area contributed by atoms with Crippen molar-refractivity contribution in [2.75, 3.05) is 0 Å². The van der Waals surface area contributed by atoms with Crippen LogP contribution in [0.1, 0.15) is 21.6 Å². The van der Waals surface area contributed by atoms with Gasteiger partial charge >= 0.3 is 0 Å². The van der Waals surface area contributed by atoms with Crippen LogP contribution in [0.4, 0.5) is 0 Å². The summed E-state index contributed by atoms with van der Waals surface area (Å²) in [4.78, 5) is 12.4. The molecule has 3 aromatic rings. The van der Waals surface area contributed by atoms with E-state index in [1.807, 2.05) is 72.1 Å². The number of hydrogen-bond acceptors (Lipinski definition) is 1. The first-order valence-corrected chi connectivity index (χ1v) is 5.93. The second kappa shape index (κ2) is 4.15. The molecule has 2 nitrogen and oxygen atoms in total. The second-order valence-electron chi connectivity index (χ2n) is 4.42. The van der Waals surface area contributed by atoms with Crippen LogP contribution >= 0.6 is 0 Å². The van der Waals surface area contributed by atoms with Gasteiger partial charge in [0.15, 0.2) is 0 Å². The Hall–Kier alpha value is -2.35. The molecule has 1 aromatic carbocycles. The van der Waals surface area contributed by atoms with E-state index in [0.29, 0.717) is 5.69 Å². The van der Waals surface area contributed by atoms with Crippen molar-refractivity contribution in [1.82, 2.24) is 4.40 Å². The quantitative estimate of drug-likeness (QED) is 0.623. The normalized spacial score (nSPS) is 10.7. The minimum Gasteiger partial charge on any atom is -0.313 e. The Morgan fingerprint density at radius 2 is 1.67 bits per heavy atom. The van der Waals surface area contributed by atoms with Crippen molar-refractivity contribution in [3.05, 3.63) is 77.6 Å². The lowest BCUT2D eigenvalue weighted by Gasteiger charge is -2.03. The molecule has 0 radical (unpaired) electrons. The van der Waals surface area contributed by atoms with E-state index in [9.17, 15) is 4.79 Å². The van der Waals surface area contributed by atoms with E-state index in [0.717, 1.165) is 16.6 Å². The number of fused-ring (bicyclic) bond motifs is 1. The van der Waals surface area contributed by atoms with Gasteiger partial charge in [-0.2, -0.15) is 0 Å². The van der Waals surface area contributed by atoms with E-state index in [2.05, 4.69) is 0 Å². The molecule has 2 aromatic heterocycles. The number of hydrogen-bond donors (Lipinski definition) is 0. The molecular weight excluding hydrogens is 222 g/mol. The van der Waals surface area contributed by atoms with Gasteiger partial charge in [0.2, 0.25) is 5.78 Å². The fraction of sp³-hybridized carbons (Fsp3) is 0.0625. The maximum atomic E-state index is 12.4. The van der Waals surface area contributed by atoms with Crippen LogP contribution in [0, 0.1) is 6.92 Å². The molecule has 0 aliphatic rings. The first kappa shape index (κ1) is 10.8. The van der Waals surface area contributed by atoms with Gasteiger partial charge < -0.3 is 4.40 Å². The lowest BCUT2D eigenvalue weighted by Crippen LogP contribution is -2.05. The number of aryl methyl sites for hydroxylation is 1. The highest BCUT2D eigenvalue weighted by molar-refractivity contribution is 6.08. The van der Waals surface area contributed by atoms with Gasteiger partial charge in [0.1, 0.15) is 0 Å². The molecule has 0 bridgehead atoms. The first-order chi connectivity index (χ1) is 8.75. The zero-order chi connectivity index (χ0) is 12.5. The summed E-state index contributed by atoms with van der Waals surface area (Å²) in [7, 11) is 0. The van der Waals surface area contributed by atoms with E-state index in [4.69, 9.17) is 0 Å². The van der Waals surface area contributed by atoms with Crippen LogP contribution in [0.3, 0.4) is 0 Å². The predicted octanol–water partition coefficient (Wildman–Crippen LogP) is 3.48. The third kappa shape index (κ3) is 1.72. The summed E-state index contributed by atoms with van der Waals surface area (Å²) in [6.45, 7) is 2.02. The molecule has 0 unspecified atom stereocenters. The SMILES string of the molecule is Cc1ccc2ccc(C(=O)c3ccccc3)n2c1. The average Bonchev–Trinajstić information content (AvgIpc) is 2.82. The molecule has 0 fully saturated rings. The van der Waals surface area contributed by atoms with Gasteiger partial charge in [0, 0.05) is 17.3 Å². The van der Waals surface area contributed by atoms with Crippen LogP contribution in [0.15, 0.2) is 60.8 Å². The monoisotopic (exact) mass is 235 g/mol. The van der Waals surface area contributed by atoms with Crippen molar-refractivity contribution in [1.29, 1.82) is 0 Å². The van der Waals surface area contributed by atoms with Crippen molar-refractivity contribution < 1.29 is 4.79 Å². The average molecular weight is 235 g/mol. The van der Waals surface area contributed by atoms with Gasteiger partial charge in [0.25, 0.3) is 0 Å². The minimum atomic E-state index is 0.0567. The van der Waals surface area contributed by atoms with E-state index in [1.54, 1.807) is 0 Å². The fourth-order valence-electron chi connectivity index (χ4n) is 2.13. The number of ketones is 1. The summed E-state index contributed by atoms with van der Waals surface area (Å²) in [5, 5.41) is 0. The van der Waals surface area contributed by atoms with Crippen molar-refractivity contribution >= 4 is 11.3 Å². The molecule has 0 saturated heterocycles. The molecule has 2 heteroatoms. The van der Waals surface area contributed by atoms with Gasteiger partial charge in [-0.15, -0.1) is 0 Å². The summed E-state index contributed by atoms with van der Waals surface area (Å²) in [6.07, 6.45) is 1.99. The molecule has 0 atom stereocenters. The number of carbonyl (C=O) groups is 1. The van der Waals surface area contributed by atoms with Crippen LogP contribution < -0.4 is 0 Å². The molecule has 3 rings (SSSR count). The topological polar surface area (TPSA) is 21.5 Å². The lowest BCUT2D eigenvalue weighted by molar-refractivity contribution is 0.103. The molecule has 0 amide bonds. The van der Waals surface area contributed by atoms with Crippen molar-refractivity contribution in [2.45, 2.75) is 6.92 Å². The fourth-order valence-corrected chi connectivity index (χ4v) is 2.13. The summed E-state index contributed by atoms with van der Waals surface area (Å²) in [5.74, 6) is 0.0567. The van der Waals surface area contributed by atoms with Gasteiger partial charge in [0.05, 0.1) is 5.69 Å². The zero-order valence-corrected chi connectivity index (χ0v) is 10.1. The van der Waals surface area contributed by atoms with E-state index in [-0.39, 0.29) is 5.78 Å². The van der Waals surface area contributed by atoms with Crippen LogP contribution in [0.2, 0.25) is 0 Å². The third-order valence-corrected chi connectivity index (χ3v) is 3.07. The number of carbonyl (C=O) groups excluding carboxylic acids is 1. The molecule has 0 saturated carbocycles.